The highest BCUT2D eigenvalue weighted by Gasteiger charge is 2.22. The summed E-state index contributed by atoms with van der Waals surface area (Å²) in [6, 6.07) is 8.54. The number of hydrogen-bond donors (Lipinski definition) is 1. The van der Waals surface area contributed by atoms with Crippen LogP contribution in [0.25, 0.3) is 6.08 Å². The molecule has 0 unspecified atom stereocenters. The molecule has 0 spiro atoms. The maximum Gasteiger partial charge on any atom is 0.341 e. The van der Waals surface area contributed by atoms with E-state index in [0.29, 0.717) is 0 Å². The molecule has 0 atom stereocenters. The molecule has 6 heteroatoms. The third kappa shape index (κ3) is 4.33. The minimum absolute atomic E-state index is 0.414. The summed E-state index contributed by atoms with van der Waals surface area (Å²) in [5.74, 6) is -0.579. The molecule has 1 rings (SSSR count). The second kappa shape index (κ2) is 7.85. The van der Waals surface area contributed by atoms with E-state index in [1.54, 1.807) is 12.4 Å². The Bertz CT molecular complexity index is 500. The fraction of sp³-hybridized carbons (Fsp3) is 0.214. The van der Waals surface area contributed by atoms with Crippen molar-refractivity contribution in [1.29, 1.82) is 0 Å². The van der Waals surface area contributed by atoms with E-state index < -0.39 is 18.5 Å². The van der Waals surface area contributed by atoms with Crippen LogP contribution in [0.5, 0.6) is 0 Å². The van der Waals surface area contributed by atoms with Crippen LogP contribution in [0.3, 0.4) is 0 Å². The van der Waals surface area contributed by atoms with Gasteiger partial charge in [0.2, 0.25) is 6.29 Å². The molecule has 0 aromatic heterocycles. The van der Waals surface area contributed by atoms with Gasteiger partial charge in [0, 0.05) is 20.2 Å². The van der Waals surface area contributed by atoms with Crippen LogP contribution in [0, 0.1) is 0 Å². The number of nitrogens with one attached hydrogen (secondary N) is 1. The van der Waals surface area contributed by atoms with E-state index in [9.17, 15) is 14.4 Å². The van der Waals surface area contributed by atoms with Gasteiger partial charge in [-0.1, -0.05) is 30.3 Å². The molecule has 0 bridgehead atoms. The second-order valence-corrected chi connectivity index (χ2v) is 3.88. The van der Waals surface area contributed by atoms with Crippen LogP contribution in [-0.4, -0.2) is 48.8 Å². The van der Waals surface area contributed by atoms with Crippen LogP contribution in [0.2, 0.25) is 0 Å². The quantitative estimate of drug-likeness (QED) is 0.637. The van der Waals surface area contributed by atoms with Crippen molar-refractivity contribution < 1.29 is 14.4 Å². The third-order valence-electron chi connectivity index (χ3n) is 2.56. The van der Waals surface area contributed by atoms with Gasteiger partial charge in [0.25, 0.3) is 5.91 Å². The number of hydrogen-bond acceptors (Lipinski definition) is 4. The Kier molecular flexibility index (Phi) is 6.12. The SMILES string of the molecule is CNN(C)C(=O)N(C[C]=O)C(=O)C=Cc1ccccc1. The van der Waals surface area contributed by atoms with Crippen LogP contribution < -0.4 is 5.43 Å². The van der Waals surface area contributed by atoms with Gasteiger partial charge < -0.3 is 0 Å². The van der Waals surface area contributed by atoms with Crippen molar-refractivity contribution >= 4 is 24.3 Å². The van der Waals surface area contributed by atoms with Crippen molar-refractivity contribution in [3.63, 3.8) is 0 Å². The smallest absolute Gasteiger partial charge is 0.289 e. The zero-order valence-corrected chi connectivity index (χ0v) is 11.4. The molecule has 3 amide bonds. The molecule has 0 saturated carbocycles. The molecule has 6 nitrogen and oxygen atoms in total. The van der Waals surface area contributed by atoms with Crippen LogP contribution in [-0.2, 0) is 9.59 Å². The number of amides is 3. The van der Waals surface area contributed by atoms with Gasteiger partial charge in [0.05, 0.1) is 6.54 Å². The number of hydrazine groups is 1. The normalized spacial score (nSPS) is 10.3. The fourth-order valence-electron chi connectivity index (χ4n) is 1.40. The standard InChI is InChI=1S/C14H16N3O3/c1-15-16(2)14(20)17(10-11-18)13(19)9-8-12-6-4-3-5-7-12/h3-9,15H,10H2,1-2H3. The highest BCUT2D eigenvalue weighted by atomic mass is 16.2. The molecule has 0 aliphatic heterocycles. The van der Waals surface area contributed by atoms with Gasteiger partial charge in [-0.25, -0.2) is 10.2 Å². The summed E-state index contributed by atoms with van der Waals surface area (Å²) in [5, 5.41) is 1.10. The van der Waals surface area contributed by atoms with Gasteiger partial charge in [0.15, 0.2) is 0 Å². The topological polar surface area (TPSA) is 69.7 Å². The van der Waals surface area contributed by atoms with Crippen LogP contribution in [0.1, 0.15) is 5.56 Å². The molecule has 20 heavy (non-hydrogen) atoms. The second-order valence-electron chi connectivity index (χ2n) is 3.88. The van der Waals surface area contributed by atoms with Crippen molar-refractivity contribution in [2.24, 2.45) is 0 Å². The average Bonchev–Trinajstić information content (AvgIpc) is 2.49. The van der Waals surface area contributed by atoms with E-state index in [2.05, 4.69) is 5.43 Å². The Balaban J connectivity index is 2.81. The summed E-state index contributed by atoms with van der Waals surface area (Å²) in [4.78, 5) is 35.1. The van der Waals surface area contributed by atoms with E-state index in [1.165, 1.54) is 20.2 Å². The van der Waals surface area contributed by atoms with Crippen molar-refractivity contribution in [2.45, 2.75) is 0 Å². The van der Waals surface area contributed by atoms with Crippen molar-refractivity contribution in [1.82, 2.24) is 15.3 Å². The predicted molar refractivity (Wildman–Crippen MR) is 75.1 cm³/mol. The van der Waals surface area contributed by atoms with Crippen LogP contribution in [0.4, 0.5) is 4.79 Å². The first-order valence-electron chi connectivity index (χ1n) is 5.95. The highest BCUT2D eigenvalue weighted by Crippen LogP contribution is 2.03. The number of benzene rings is 1. The lowest BCUT2D eigenvalue weighted by atomic mass is 10.2. The van der Waals surface area contributed by atoms with E-state index in [4.69, 9.17) is 0 Å². The van der Waals surface area contributed by atoms with Gasteiger partial charge in [-0.05, 0) is 11.6 Å². The molecular weight excluding hydrogens is 258 g/mol. The Morgan fingerprint density at radius 2 is 1.95 bits per heavy atom. The Labute approximate surface area is 117 Å². The number of urea groups is 1. The summed E-state index contributed by atoms with van der Waals surface area (Å²) < 4.78 is 0. The molecule has 0 aliphatic carbocycles. The Morgan fingerprint density at radius 3 is 2.50 bits per heavy atom. The number of rotatable bonds is 5. The minimum Gasteiger partial charge on any atom is -0.289 e. The van der Waals surface area contributed by atoms with E-state index in [1.807, 2.05) is 30.3 Å². The molecule has 1 aromatic rings. The van der Waals surface area contributed by atoms with E-state index >= 15 is 0 Å². The maximum absolute atomic E-state index is 12.0. The van der Waals surface area contributed by atoms with Crippen molar-refractivity contribution in [3.05, 3.63) is 42.0 Å². The van der Waals surface area contributed by atoms with Crippen molar-refractivity contribution in [3.8, 4) is 0 Å². The zero-order chi connectivity index (χ0) is 15.0. The Hall–Kier alpha value is -2.47. The summed E-state index contributed by atoms with van der Waals surface area (Å²) >= 11 is 0. The lowest BCUT2D eigenvalue weighted by Crippen LogP contribution is -2.49. The fourth-order valence-corrected chi connectivity index (χ4v) is 1.40. The lowest BCUT2D eigenvalue weighted by molar-refractivity contribution is -0.123. The summed E-state index contributed by atoms with van der Waals surface area (Å²) in [6.45, 7) is -0.414. The van der Waals surface area contributed by atoms with Gasteiger partial charge in [-0.15, -0.1) is 0 Å². The monoisotopic (exact) mass is 274 g/mol. The molecule has 0 saturated heterocycles. The molecular formula is C14H16N3O3. The molecule has 0 fully saturated rings. The summed E-state index contributed by atoms with van der Waals surface area (Å²) in [6.07, 6.45) is 4.37. The Morgan fingerprint density at radius 1 is 1.30 bits per heavy atom. The van der Waals surface area contributed by atoms with Gasteiger partial charge in [-0.2, -0.15) is 0 Å². The molecule has 0 aliphatic rings. The number of nitrogens with zero attached hydrogens (tertiary/aromatic N) is 2. The molecule has 1 aromatic carbocycles. The first-order chi connectivity index (χ1) is 9.60. The summed E-state index contributed by atoms with van der Waals surface area (Å²) in [5.41, 5.74) is 3.39. The number of carbonyl (C=O) groups excluding carboxylic acids is 3. The maximum atomic E-state index is 12.0. The van der Waals surface area contributed by atoms with Crippen LogP contribution in [0.15, 0.2) is 36.4 Å². The molecule has 0 heterocycles. The molecule has 105 valence electrons. The minimum atomic E-state index is -0.626. The first-order valence-corrected chi connectivity index (χ1v) is 5.95. The zero-order valence-electron chi connectivity index (χ0n) is 11.4. The van der Waals surface area contributed by atoms with E-state index in [-0.39, 0.29) is 0 Å². The molecule has 1 radical (unpaired) electrons. The highest BCUT2D eigenvalue weighted by molar-refractivity contribution is 6.03. The van der Waals surface area contributed by atoms with Gasteiger partial charge in [0.1, 0.15) is 0 Å². The lowest BCUT2D eigenvalue weighted by Gasteiger charge is -2.23. The molecule has 1 N–H and O–H groups in total. The van der Waals surface area contributed by atoms with Gasteiger partial charge >= 0.3 is 6.03 Å². The summed E-state index contributed by atoms with van der Waals surface area (Å²) in [7, 11) is 2.99. The van der Waals surface area contributed by atoms with Crippen LogP contribution >= 0.6 is 0 Å². The van der Waals surface area contributed by atoms with Gasteiger partial charge in [-0.3, -0.25) is 19.5 Å². The van der Waals surface area contributed by atoms with Crippen molar-refractivity contribution in [2.75, 3.05) is 20.6 Å². The predicted octanol–water partition coefficient (Wildman–Crippen LogP) is 0.824. The first kappa shape index (κ1) is 15.6. The largest absolute Gasteiger partial charge is 0.341 e. The average molecular weight is 274 g/mol. The van der Waals surface area contributed by atoms with E-state index in [0.717, 1.165) is 15.5 Å². The third-order valence-corrected chi connectivity index (χ3v) is 2.56. The number of carbonyl (C=O) groups is 2. The number of imide groups is 1.